The fraction of sp³-hybridized carbons (Fsp3) is 0.556. The normalized spacial score (nSPS) is 12.1. The van der Waals surface area contributed by atoms with Gasteiger partial charge in [0.25, 0.3) is 0 Å². The summed E-state index contributed by atoms with van der Waals surface area (Å²) in [5, 5.41) is 12.6. The minimum absolute atomic E-state index is 0.0741. The number of aromatic carboxylic acids is 1. The molecule has 0 amide bonds. The van der Waals surface area contributed by atoms with Gasteiger partial charge in [0.2, 0.25) is 0 Å². The van der Waals surface area contributed by atoms with Gasteiger partial charge in [-0.05, 0) is 13.8 Å². The van der Waals surface area contributed by atoms with Crippen molar-refractivity contribution in [2.45, 2.75) is 19.9 Å². The summed E-state index contributed by atoms with van der Waals surface area (Å²) in [5.74, 6) is -1.32. The van der Waals surface area contributed by atoms with Gasteiger partial charge in [0.15, 0.2) is 5.82 Å². The Morgan fingerprint density at radius 1 is 1.56 bits per heavy atom. The molecular formula is C9H16N4O4S. The van der Waals surface area contributed by atoms with Gasteiger partial charge in [-0.15, -0.1) is 0 Å². The highest BCUT2D eigenvalue weighted by Gasteiger charge is 2.25. The Morgan fingerprint density at radius 2 is 2.11 bits per heavy atom. The number of rotatable bonds is 5. The van der Waals surface area contributed by atoms with Crippen LogP contribution in [0.2, 0.25) is 0 Å². The monoisotopic (exact) mass is 276 g/mol. The first kappa shape index (κ1) is 14.5. The number of anilines is 1. The Labute approximate surface area is 105 Å². The SMILES string of the molecule is CC(C)N(C)S(=O)(=O)Nc1c(C(=O)O)cnn1C. The zero-order chi connectivity index (χ0) is 14.1. The number of nitrogens with zero attached hydrogens (tertiary/aromatic N) is 3. The molecule has 1 rings (SSSR count). The van der Waals surface area contributed by atoms with E-state index in [1.54, 1.807) is 13.8 Å². The molecule has 0 fully saturated rings. The molecule has 9 heteroatoms. The highest BCUT2D eigenvalue weighted by molar-refractivity contribution is 7.90. The molecule has 0 aliphatic rings. The second kappa shape index (κ2) is 4.94. The molecule has 0 aliphatic heterocycles. The highest BCUT2D eigenvalue weighted by atomic mass is 32.2. The maximum absolute atomic E-state index is 11.9. The van der Waals surface area contributed by atoms with E-state index in [4.69, 9.17) is 5.11 Å². The van der Waals surface area contributed by atoms with Crippen LogP contribution in [0.5, 0.6) is 0 Å². The van der Waals surface area contributed by atoms with Crippen molar-refractivity contribution in [2.75, 3.05) is 11.8 Å². The van der Waals surface area contributed by atoms with Crippen molar-refractivity contribution in [3.63, 3.8) is 0 Å². The van der Waals surface area contributed by atoms with Crippen molar-refractivity contribution in [1.29, 1.82) is 0 Å². The molecule has 0 unspecified atom stereocenters. The van der Waals surface area contributed by atoms with E-state index in [1.807, 2.05) is 0 Å². The molecular weight excluding hydrogens is 260 g/mol. The molecule has 0 aliphatic carbocycles. The number of carbonyl (C=O) groups is 1. The Bertz CT molecular complexity index is 549. The van der Waals surface area contributed by atoms with Crippen molar-refractivity contribution in [3.8, 4) is 0 Å². The van der Waals surface area contributed by atoms with Crippen LogP contribution in [0.1, 0.15) is 24.2 Å². The molecule has 0 saturated heterocycles. The predicted molar refractivity (Wildman–Crippen MR) is 65.6 cm³/mol. The van der Waals surface area contributed by atoms with E-state index < -0.39 is 16.2 Å². The van der Waals surface area contributed by atoms with E-state index in [1.165, 1.54) is 14.1 Å². The number of carboxylic acid groups (broad SMARTS) is 1. The Kier molecular flexibility index (Phi) is 3.97. The number of nitrogens with one attached hydrogen (secondary N) is 1. The van der Waals surface area contributed by atoms with E-state index >= 15 is 0 Å². The second-order valence-corrected chi connectivity index (χ2v) is 5.78. The molecule has 1 aromatic rings. The standard InChI is InChI=1S/C9H16N4O4S/c1-6(2)13(4)18(16,17)11-8-7(9(14)15)5-10-12(8)3/h5-6,11H,1-4H3,(H,14,15). The third kappa shape index (κ3) is 2.79. The summed E-state index contributed by atoms with van der Waals surface area (Å²) in [4.78, 5) is 10.9. The molecule has 1 aromatic heterocycles. The first-order valence-electron chi connectivity index (χ1n) is 5.18. The molecule has 102 valence electrons. The Balaban J connectivity index is 3.12. The van der Waals surface area contributed by atoms with Crippen LogP contribution in [0.15, 0.2) is 6.20 Å². The Hall–Kier alpha value is -1.61. The van der Waals surface area contributed by atoms with Gasteiger partial charge in [-0.2, -0.15) is 17.8 Å². The largest absolute Gasteiger partial charge is 0.477 e. The second-order valence-electron chi connectivity index (χ2n) is 4.05. The van der Waals surface area contributed by atoms with Crippen LogP contribution in [0.25, 0.3) is 0 Å². The van der Waals surface area contributed by atoms with Crippen LogP contribution >= 0.6 is 0 Å². The van der Waals surface area contributed by atoms with Gasteiger partial charge in [-0.1, -0.05) is 0 Å². The van der Waals surface area contributed by atoms with Crippen LogP contribution in [0.4, 0.5) is 5.82 Å². The summed E-state index contributed by atoms with van der Waals surface area (Å²) < 4.78 is 28.4. The lowest BCUT2D eigenvalue weighted by Crippen LogP contribution is -2.38. The average molecular weight is 276 g/mol. The Morgan fingerprint density at radius 3 is 2.56 bits per heavy atom. The van der Waals surface area contributed by atoms with Gasteiger partial charge in [-0.3, -0.25) is 9.40 Å². The predicted octanol–water partition coefficient (Wildman–Crippen LogP) is 0.115. The van der Waals surface area contributed by atoms with Crippen LogP contribution in [0, 0.1) is 0 Å². The molecule has 2 N–H and O–H groups in total. The third-order valence-electron chi connectivity index (χ3n) is 2.50. The van der Waals surface area contributed by atoms with Crippen LogP contribution < -0.4 is 4.72 Å². The van der Waals surface area contributed by atoms with Gasteiger partial charge >= 0.3 is 16.2 Å². The summed E-state index contributed by atoms with van der Waals surface area (Å²) in [6.07, 6.45) is 1.09. The van der Waals surface area contributed by atoms with Crippen LogP contribution in [-0.2, 0) is 17.3 Å². The van der Waals surface area contributed by atoms with Crippen molar-refractivity contribution in [1.82, 2.24) is 14.1 Å². The maximum Gasteiger partial charge on any atom is 0.341 e. The van der Waals surface area contributed by atoms with E-state index in [2.05, 4.69) is 9.82 Å². The summed E-state index contributed by atoms with van der Waals surface area (Å²) >= 11 is 0. The highest BCUT2D eigenvalue weighted by Crippen LogP contribution is 2.17. The molecule has 8 nitrogen and oxygen atoms in total. The molecule has 0 bridgehead atoms. The molecule has 0 atom stereocenters. The first-order valence-corrected chi connectivity index (χ1v) is 6.62. The van der Waals surface area contributed by atoms with E-state index in [0.29, 0.717) is 0 Å². The molecule has 0 spiro atoms. The lowest BCUT2D eigenvalue weighted by molar-refractivity contribution is 0.0698. The van der Waals surface area contributed by atoms with Crippen molar-refractivity contribution >= 4 is 22.0 Å². The van der Waals surface area contributed by atoms with Crippen LogP contribution in [0.3, 0.4) is 0 Å². The van der Waals surface area contributed by atoms with E-state index in [-0.39, 0.29) is 17.4 Å². The van der Waals surface area contributed by atoms with E-state index in [0.717, 1.165) is 15.2 Å². The number of aromatic nitrogens is 2. The fourth-order valence-corrected chi connectivity index (χ4v) is 2.37. The summed E-state index contributed by atoms with van der Waals surface area (Å²) in [7, 11) is -0.937. The van der Waals surface area contributed by atoms with Crippen molar-refractivity contribution in [3.05, 3.63) is 11.8 Å². The maximum atomic E-state index is 11.9. The van der Waals surface area contributed by atoms with Gasteiger partial charge in [0.1, 0.15) is 5.56 Å². The third-order valence-corrected chi connectivity index (χ3v) is 4.13. The van der Waals surface area contributed by atoms with Gasteiger partial charge in [-0.25, -0.2) is 4.79 Å². The number of aryl methyl sites for hydroxylation is 1. The molecule has 1 heterocycles. The molecule has 0 radical (unpaired) electrons. The summed E-state index contributed by atoms with van der Waals surface area (Å²) in [5.41, 5.74) is -0.196. The molecule has 0 saturated carbocycles. The van der Waals surface area contributed by atoms with E-state index in [9.17, 15) is 13.2 Å². The lowest BCUT2D eigenvalue weighted by atomic mass is 10.3. The summed E-state index contributed by atoms with van der Waals surface area (Å²) in [6, 6.07) is -0.246. The van der Waals surface area contributed by atoms with Gasteiger partial charge in [0, 0.05) is 20.1 Å². The van der Waals surface area contributed by atoms with Crippen molar-refractivity contribution < 1.29 is 18.3 Å². The molecule has 0 aromatic carbocycles. The minimum atomic E-state index is -3.80. The van der Waals surface area contributed by atoms with Crippen molar-refractivity contribution in [2.24, 2.45) is 7.05 Å². The topological polar surface area (TPSA) is 105 Å². The number of hydrogen-bond acceptors (Lipinski definition) is 4. The summed E-state index contributed by atoms with van der Waals surface area (Å²) in [6.45, 7) is 3.42. The first-order chi connectivity index (χ1) is 8.16. The smallest absolute Gasteiger partial charge is 0.341 e. The van der Waals surface area contributed by atoms with Gasteiger partial charge in [0.05, 0.1) is 6.20 Å². The zero-order valence-electron chi connectivity index (χ0n) is 10.6. The lowest BCUT2D eigenvalue weighted by Gasteiger charge is -2.21. The average Bonchev–Trinajstić information content (AvgIpc) is 2.58. The minimum Gasteiger partial charge on any atom is -0.477 e. The zero-order valence-corrected chi connectivity index (χ0v) is 11.4. The fourth-order valence-electron chi connectivity index (χ4n) is 1.19. The quantitative estimate of drug-likeness (QED) is 0.794. The van der Waals surface area contributed by atoms with Crippen LogP contribution in [-0.4, -0.2) is 46.7 Å². The number of carboxylic acids is 1. The van der Waals surface area contributed by atoms with Gasteiger partial charge < -0.3 is 5.11 Å². The molecule has 18 heavy (non-hydrogen) atoms. The number of hydrogen-bond donors (Lipinski definition) is 2.